The van der Waals surface area contributed by atoms with E-state index in [2.05, 4.69) is 29.8 Å². The molecule has 4 heteroatoms. The topological polar surface area (TPSA) is 49.1 Å². The summed E-state index contributed by atoms with van der Waals surface area (Å²) < 4.78 is 5.15. The lowest BCUT2D eigenvalue weighted by Crippen LogP contribution is -2.34. The Morgan fingerprint density at radius 1 is 1.35 bits per heavy atom. The van der Waals surface area contributed by atoms with Crippen LogP contribution in [0, 0.1) is 11.3 Å². The highest BCUT2D eigenvalue weighted by Crippen LogP contribution is 2.23. The summed E-state index contributed by atoms with van der Waals surface area (Å²) in [6.07, 6.45) is 0. The van der Waals surface area contributed by atoms with E-state index in [-0.39, 0.29) is 0 Å². The minimum Gasteiger partial charge on any atom is -0.383 e. The summed E-state index contributed by atoms with van der Waals surface area (Å²) in [4.78, 5) is 6.83. The smallest absolute Gasteiger partial charge is 0.130 e. The van der Waals surface area contributed by atoms with Crippen molar-refractivity contribution in [1.29, 1.82) is 5.26 Å². The van der Waals surface area contributed by atoms with E-state index < -0.39 is 0 Å². The molecule has 2 aromatic rings. The number of benzene rings is 1. The van der Waals surface area contributed by atoms with Gasteiger partial charge in [0.15, 0.2) is 0 Å². The molecule has 0 aliphatic rings. The van der Waals surface area contributed by atoms with Crippen molar-refractivity contribution < 1.29 is 4.74 Å². The number of para-hydroxylation sites is 1. The van der Waals surface area contributed by atoms with Crippen LogP contribution in [0.4, 0.5) is 5.82 Å². The number of nitriles is 1. The number of aromatic nitrogens is 1. The van der Waals surface area contributed by atoms with Gasteiger partial charge in [0.2, 0.25) is 0 Å². The highest BCUT2D eigenvalue weighted by atomic mass is 16.5. The maximum absolute atomic E-state index is 9.34. The third-order valence-corrected chi connectivity index (χ3v) is 3.28. The molecule has 0 spiro atoms. The molecule has 1 heterocycles. The van der Waals surface area contributed by atoms with Crippen LogP contribution in [0.2, 0.25) is 0 Å². The van der Waals surface area contributed by atoms with Crippen molar-refractivity contribution in [3.05, 3.63) is 35.9 Å². The third kappa shape index (κ3) is 2.89. The molecule has 1 aromatic heterocycles. The van der Waals surface area contributed by atoms with Crippen LogP contribution in [-0.2, 0) is 4.74 Å². The lowest BCUT2D eigenvalue weighted by molar-refractivity contribution is 0.203. The van der Waals surface area contributed by atoms with Gasteiger partial charge in [-0.2, -0.15) is 5.26 Å². The standard InChI is InChI=1S/C16H19N3O/c1-12(2)19(8-9-20-3)16-10-13(11-17)14-6-4-5-7-15(14)18-16/h4-7,10,12H,8-9H2,1-3H3. The second-order valence-corrected chi connectivity index (χ2v) is 4.94. The lowest BCUT2D eigenvalue weighted by atomic mass is 10.1. The van der Waals surface area contributed by atoms with Gasteiger partial charge in [-0.25, -0.2) is 4.98 Å². The Kier molecular flexibility index (Phi) is 4.54. The van der Waals surface area contributed by atoms with Gasteiger partial charge in [-0.1, -0.05) is 18.2 Å². The fourth-order valence-corrected chi connectivity index (χ4v) is 2.23. The van der Waals surface area contributed by atoms with E-state index >= 15 is 0 Å². The van der Waals surface area contributed by atoms with Crippen LogP contribution < -0.4 is 4.90 Å². The monoisotopic (exact) mass is 269 g/mol. The van der Waals surface area contributed by atoms with Crippen molar-refractivity contribution in [2.24, 2.45) is 0 Å². The summed E-state index contributed by atoms with van der Waals surface area (Å²) >= 11 is 0. The van der Waals surface area contributed by atoms with Gasteiger partial charge in [0.05, 0.1) is 23.8 Å². The predicted molar refractivity (Wildman–Crippen MR) is 80.8 cm³/mol. The minimum atomic E-state index is 0.297. The second-order valence-electron chi connectivity index (χ2n) is 4.94. The first kappa shape index (κ1) is 14.3. The molecule has 0 aliphatic carbocycles. The minimum absolute atomic E-state index is 0.297. The molecule has 20 heavy (non-hydrogen) atoms. The van der Waals surface area contributed by atoms with Crippen LogP contribution in [0.15, 0.2) is 30.3 Å². The zero-order valence-electron chi connectivity index (χ0n) is 12.1. The molecular formula is C16H19N3O. The summed E-state index contributed by atoms with van der Waals surface area (Å²) in [5.74, 6) is 0.826. The zero-order chi connectivity index (χ0) is 14.5. The maximum Gasteiger partial charge on any atom is 0.130 e. The quantitative estimate of drug-likeness (QED) is 0.837. The van der Waals surface area contributed by atoms with E-state index in [9.17, 15) is 5.26 Å². The van der Waals surface area contributed by atoms with Gasteiger partial charge in [-0.3, -0.25) is 0 Å². The summed E-state index contributed by atoms with van der Waals surface area (Å²) in [6, 6.07) is 12.2. The second kappa shape index (κ2) is 6.36. The molecule has 2 rings (SSSR count). The Balaban J connectivity index is 2.50. The number of pyridine rings is 1. The van der Waals surface area contributed by atoms with Crippen molar-refractivity contribution in [1.82, 2.24) is 4.98 Å². The number of hydrogen-bond donors (Lipinski definition) is 0. The molecule has 0 unspecified atom stereocenters. The first-order chi connectivity index (χ1) is 9.67. The van der Waals surface area contributed by atoms with E-state index in [1.807, 2.05) is 30.3 Å². The molecule has 0 radical (unpaired) electrons. The van der Waals surface area contributed by atoms with Crippen molar-refractivity contribution >= 4 is 16.7 Å². The van der Waals surface area contributed by atoms with Gasteiger partial charge in [-0.15, -0.1) is 0 Å². The van der Waals surface area contributed by atoms with Gasteiger partial charge in [0.25, 0.3) is 0 Å². The molecule has 0 atom stereocenters. The van der Waals surface area contributed by atoms with Gasteiger partial charge in [0.1, 0.15) is 5.82 Å². The highest BCUT2D eigenvalue weighted by Gasteiger charge is 2.14. The molecule has 4 nitrogen and oxygen atoms in total. The summed E-state index contributed by atoms with van der Waals surface area (Å²) in [5, 5.41) is 10.2. The van der Waals surface area contributed by atoms with Crippen LogP contribution in [0.25, 0.3) is 10.9 Å². The van der Waals surface area contributed by atoms with Crippen LogP contribution in [-0.4, -0.2) is 31.3 Å². The molecule has 0 N–H and O–H groups in total. The fraction of sp³-hybridized carbons (Fsp3) is 0.375. The van der Waals surface area contributed by atoms with E-state index in [0.29, 0.717) is 18.2 Å². The lowest BCUT2D eigenvalue weighted by Gasteiger charge is -2.28. The van der Waals surface area contributed by atoms with Crippen LogP contribution in [0.1, 0.15) is 19.4 Å². The van der Waals surface area contributed by atoms with Gasteiger partial charge in [-0.05, 0) is 26.0 Å². The Morgan fingerprint density at radius 2 is 2.10 bits per heavy atom. The molecule has 1 aromatic carbocycles. The fourth-order valence-electron chi connectivity index (χ4n) is 2.23. The Hall–Kier alpha value is -2.12. The van der Waals surface area contributed by atoms with Crippen LogP contribution >= 0.6 is 0 Å². The SMILES string of the molecule is COCCN(c1cc(C#N)c2ccccc2n1)C(C)C. The number of rotatable bonds is 5. The average molecular weight is 269 g/mol. The number of anilines is 1. The molecule has 0 fully saturated rings. The maximum atomic E-state index is 9.34. The Morgan fingerprint density at radius 3 is 2.75 bits per heavy atom. The normalized spacial score (nSPS) is 10.8. The van der Waals surface area contributed by atoms with Crippen LogP contribution in [0.5, 0.6) is 0 Å². The summed E-state index contributed by atoms with van der Waals surface area (Å²) in [6.45, 7) is 5.61. The molecule has 0 bridgehead atoms. The van der Waals surface area contributed by atoms with E-state index in [0.717, 1.165) is 23.3 Å². The molecule has 104 valence electrons. The largest absolute Gasteiger partial charge is 0.383 e. The number of hydrogen-bond acceptors (Lipinski definition) is 4. The Labute approximate surface area is 119 Å². The van der Waals surface area contributed by atoms with Gasteiger partial charge >= 0.3 is 0 Å². The Bertz CT molecular complexity index is 631. The summed E-state index contributed by atoms with van der Waals surface area (Å²) in [7, 11) is 1.69. The van der Waals surface area contributed by atoms with Crippen molar-refractivity contribution in [2.45, 2.75) is 19.9 Å². The first-order valence-electron chi connectivity index (χ1n) is 6.73. The zero-order valence-corrected chi connectivity index (χ0v) is 12.1. The molecule has 0 aliphatic heterocycles. The highest BCUT2D eigenvalue weighted by molar-refractivity contribution is 5.86. The molecule has 0 saturated heterocycles. The van der Waals surface area contributed by atoms with Crippen LogP contribution in [0.3, 0.4) is 0 Å². The van der Waals surface area contributed by atoms with Crippen molar-refractivity contribution in [3.63, 3.8) is 0 Å². The van der Waals surface area contributed by atoms with Crippen molar-refractivity contribution in [2.75, 3.05) is 25.2 Å². The molecule has 0 amide bonds. The van der Waals surface area contributed by atoms with E-state index in [1.54, 1.807) is 7.11 Å². The number of nitrogens with zero attached hydrogens (tertiary/aromatic N) is 3. The number of fused-ring (bicyclic) bond motifs is 1. The first-order valence-corrected chi connectivity index (χ1v) is 6.73. The summed E-state index contributed by atoms with van der Waals surface area (Å²) in [5.41, 5.74) is 1.51. The predicted octanol–water partition coefficient (Wildman–Crippen LogP) is 2.97. The van der Waals surface area contributed by atoms with Crippen molar-refractivity contribution in [3.8, 4) is 6.07 Å². The molecule has 0 saturated carbocycles. The molecular weight excluding hydrogens is 250 g/mol. The van der Waals surface area contributed by atoms with Gasteiger partial charge in [0, 0.05) is 25.1 Å². The number of methoxy groups -OCH3 is 1. The van der Waals surface area contributed by atoms with E-state index in [1.165, 1.54) is 0 Å². The third-order valence-electron chi connectivity index (χ3n) is 3.28. The van der Waals surface area contributed by atoms with E-state index in [4.69, 9.17) is 4.74 Å². The number of ether oxygens (including phenoxy) is 1. The van der Waals surface area contributed by atoms with Gasteiger partial charge < -0.3 is 9.64 Å². The average Bonchev–Trinajstić information content (AvgIpc) is 2.46.